The third kappa shape index (κ3) is 4.69. The summed E-state index contributed by atoms with van der Waals surface area (Å²) in [6.45, 7) is 7.79. The van der Waals surface area contributed by atoms with Crippen LogP contribution >= 0.6 is 11.3 Å². The van der Waals surface area contributed by atoms with E-state index >= 15 is 0 Å². The highest BCUT2D eigenvalue weighted by Gasteiger charge is 2.08. The minimum absolute atomic E-state index is 0.451. The zero-order chi connectivity index (χ0) is 15.1. The fourth-order valence-electron chi connectivity index (χ4n) is 2.42. The number of hydrogen-bond donors (Lipinski definition) is 1. The normalized spacial score (nSPS) is 12.5. The van der Waals surface area contributed by atoms with Gasteiger partial charge >= 0.3 is 0 Å². The molecule has 0 radical (unpaired) electrons. The van der Waals surface area contributed by atoms with Crippen LogP contribution in [0.1, 0.15) is 56.5 Å². The van der Waals surface area contributed by atoms with Crippen molar-refractivity contribution in [2.75, 3.05) is 6.54 Å². The Balaban J connectivity index is 2.03. The van der Waals surface area contributed by atoms with Gasteiger partial charge in [-0.25, -0.2) is 0 Å². The number of thiophene rings is 1. The van der Waals surface area contributed by atoms with E-state index in [0.29, 0.717) is 6.04 Å². The second-order valence-electron chi connectivity index (χ2n) is 5.68. The van der Waals surface area contributed by atoms with Crippen LogP contribution in [-0.2, 0) is 6.42 Å². The van der Waals surface area contributed by atoms with Gasteiger partial charge in [-0.05, 0) is 56.0 Å². The van der Waals surface area contributed by atoms with E-state index in [2.05, 4.69) is 62.5 Å². The van der Waals surface area contributed by atoms with Gasteiger partial charge in [-0.3, -0.25) is 0 Å². The number of unbranched alkanes of at least 4 members (excludes halogenated alkanes) is 1. The maximum absolute atomic E-state index is 3.56. The Labute approximate surface area is 133 Å². The van der Waals surface area contributed by atoms with E-state index in [1.165, 1.54) is 46.6 Å². The molecule has 0 fully saturated rings. The van der Waals surface area contributed by atoms with Gasteiger partial charge in [0.05, 0.1) is 0 Å². The summed E-state index contributed by atoms with van der Waals surface area (Å²) in [6.07, 6.45) is 4.92. The number of nitrogens with one attached hydrogen (secondary N) is 1. The molecule has 0 amide bonds. The predicted molar refractivity (Wildman–Crippen MR) is 95.1 cm³/mol. The van der Waals surface area contributed by atoms with Crippen LogP contribution in [0.3, 0.4) is 0 Å². The van der Waals surface area contributed by atoms with Crippen LogP contribution < -0.4 is 5.32 Å². The number of rotatable bonds is 8. The molecule has 0 saturated carbocycles. The lowest BCUT2D eigenvalue weighted by atomic mass is 10.1. The standard InChI is InChI=1S/C19H27NS/c1-4-6-7-16-8-10-17(11-9-16)19-13-12-18(21-19)15(3)20-14-5-2/h8-13,15,20H,4-7,14H2,1-3H3. The molecular formula is C19H27NS. The summed E-state index contributed by atoms with van der Waals surface area (Å²) >= 11 is 1.91. The summed E-state index contributed by atoms with van der Waals surface area (Å²) in [6, 6.07) is 14.1. The molecule has 2 heteroatoms. The van der Waals surface area contributed by atoms with Crippen molar-refractivity contribution in [1.82, 2.24) is 5.32 Å². The first-order valence-electron chi connectivity index (χ1n) is 8.17. The van der Waals surface area contributed by atoms with Crippen molar-refractivity contribution in [3.8, 4) is 10.4 Å². The molecule has 1 atom stereocenters. The molecule has 0 bridgehead atoms. The summed E-state index contributed by atoms with van der Waals surface area (Å²) in [5, 5.41) is 3.56. The van der Waals surface area contributed by atoms with Gasteiger partial charge in [0.25, 0.3) is 0 Å². The Morgan fingerprint density at radius 1 is 1.00 bits per heavy atom. The van der Waals surface area contributed by atoms with Gasteiger partial charge in [0.2, 0.25) is 0 Å². The van der Waals surface area contributed by atoms with E-state index in [9.17, 15) is 0 Å². The molecule has 21 heavy (non-hydrogen) atoms. The molecule has 0 aliphatic heterocycles. The van der Waals surface area contributed by atoms with E-state index in [0.717, 1.165) is 6.54 Å². The molecule has 114 valence electrons. The predicted octanol–water partition coefficient (Wildman–Crippen LogP) is 5.82. The number of aryl methyl sites for hydroxylation is 1. The van der Waals surface area contributed by atoms with Gasteiger partial charge in [-0.2, -0.15) is 0 Å². The highest BCUT2D eigenvalue weighted by atomic mass is 32.1. The van der Waals surface area contributed by atoms with Crippen molar-refractivity contribution >= 4 is 11.3 Å². The summed E-state index contributed by atoms with van der Waals surface area (Å²) in [5.74, 6) is 0. The van der Waals surface area contributed by atoms with E-state index in [1.54, 1.807) is 0 Å². The molecule has 1 aromatic carbocycles. The molecule has 0 spiro atoms. The van der Waals surface area contributed by atoms with Crippen LogP contribution in [0.5, 0.6) is 0 Å². The largest absolute Gasteiger partial charge is 0.309 e. The molecule has 0 aliphatic carbocycles. The molecule has 0 aliphatic rings. The van der Waals surface area contributed by atoms with Crippen LogP contribution in [0.15, 0.2) is 36.4 Å². The van der Waals surface area contributed by atoms with Crippen molar-refractivity contribution < 1.29 is 0 Å². The molecule has 2 rings (SSSR count). The summed E-state index contributed by atoms with van der Waals surface area (Å²) < 4.78 is 0. The molecule has 1 nitrogen and oxygen atoms in total. The lowest BCUT2D eigenvalue weighted by molar-refractivity contribution is 0.578. The van der Waals surface area contributed by atoms with Crippen molar-refractivity contribution in [1.29, 1.82) is 0 Å². The van der Waals surface area contributed by atoms with Crippen molar-refractivity contribution in [2.24, 2.45) is 0 Å². The molecule has 2 aromatic rings. The summed E-state index contributed by atoms with van der Waals surface area (Å²) in [5.41, 5.74) is 2.80. The van der Waals surface area contributed by atoms with Crippen molar-refractivity contribution in [2.45, 2.75) is 52.5 Å². The fourth-order valence-corrected chi connectivity index (χ4v) is 3.46. The first-order chi connectivity index (χ1) is 10.2. The van der Waals surface area contributed by atoms with Gasteiger partial charge in [-0.1, -0.05) is 44.5 Å². The van der Waals surface area contributed by atoms with Crippen LogP contribution in [0.25, 0.3) is 10.4 Å². The lowest BCUT2D eigenvalue weighted by Gasteiger charge is -2.10. The van der Waals surface area contributed by atoms with Gasteiger partial charge in [0.1, 0.15) is 0 Å². The molecule has 1 heterocycles. The van der Waals surface area contributed by atoms with Crippen LogP contribution in [-0.4, -0.2) is 6.54 Å². The third-order valence-electron chi connectivity index (χ3n) is 3.81. The lowest BCUT2D eigenvalue weighted by Crippen LogP contribution is -2.18. The Bertz CT molecular complexity index is 527. The number of hydrogen-bond acceptors (Lipinski definition) is 2. The van der Waals surface area contributed by atoms with Crippen LogP contribution in [0, 0.1) is 0 Å². The van der Waals surface area contributed by atoms with E-state index in [4.69, 9.17) is 0 Å². The zero-order valence-corrected chi connectivity index (χ0v) is 14.3. The van der Waals surface area contributed by atoms with Gasteiger partial charge in [0, 0.05) is 15.8 Å². The molecule has 1 unspecified atom stereocenters. The molecule has 1 aromatic heterocycles. The first kappa shape index (κ1) is 16.3. The maximum Gasteiger partial charge on any atom is 0.0386 e. The third-order valence-corrected chi connectivity index (χ3v) is 5.13. The quantitative estimate of drug-likeness (QED) is 0.648. The highest BCUT2D eigenvalue weighted by Crippen LogP contribution is 2.31. The summed E-state index contributed by atoms with van der Waals surface area (Å²) in [7, 11) is 0. The maximum atomic E-state index is 3.56. The average Bonchev–Trinajstić information content (AvgIpc) is 3.01. The fraction of sp³-hybridized carbons (Fsp3) is 0.474. The smallest absolute Gasteiger partial charge is 0.0386 e. The molecule has 1 N–H and O–H groups in total. The monoisotopic (exact) mass is 301 g/mol. The topological polar surface area (TPSA) is 12.0 Å². The Morgan fingerprint density at radius 3 is 2.43 bits per heavy atom. The SMILES string of the molecule is CCCCc1ccc(-c2ccc(C(C)NCCC)s2)cc1. The second-order valence-corrected chi connectivity index (χ2v) is 6.79. The van der Waals surface area contributed by atoms with Crippen LogP contribution in [0.2, 0.25) is 0 Å². The minimum Gasteiger partial charge on any atom is -0.309 e. The number of benzene rings is 1. The highest BCUT2D eigenvalue weighted by molar-refractivity contribution is 7.15. The average molecular weight is 301 g/mol. The van der Waals surface area contributed by atoms with Gasteiger partial charge in [-0.15, -0.1) is 11.3 Å². The Hall–Kier alpha value is -1.12. The van der Waals surface area contributed by atoms with E-state index in [1.807, 2.05) is 11.3 Å². The van der Waals surface area contributed by atoms with Gasteiger partial charge < -0.3 is 5.32 Å². The van der Waals surface area contributed by atoms with E-state index < -0.39 is 0 Å². The Morgan fingerprint density at radius 2 is 1.76 bits per heavy atom. The van der Waals surface area contributed by atoms with Gasteiger partial charge in [0.15, 0.2) is 0 Å². The van der Waals surface area contributed by atoms with Crippen LogP contribution in [0.4, 0.5) is 0 Å². The van der Waals surface area contributed by atoms with Crippen molar-refractivity contribution in [3.05, 3.63) is 46.8 Å². The molecular weight excluding hydrogens is 274 g/mol. The zero-order valence-electron chi connectivity index (χ0n) is 13.5. The summed E-state index contributed by atoms with van der Waals surface area (Å²) in [4.78, 5) is 2.80. The second kappa shape index (κ2) is 8.35. The van der Waals surface area contributed by atoms with Crippen molar-refractivity contribution in [3.63, 3.8) is 0 Å². The Kier molecular flexibility index (Phi) is 6.47. The minimum atomic E-state index is 0.451. The first-order valence-corrected chi connectivity index (χ1v) is 8.98. The van der Waals surface area contributed by atoms with E-state index in [-0.39, 0.29) is 0 Å². The molecule has 0 saturated heterocycles.